The maximum absolute atomic E-state index is 12.4. The number of fused-ring (bicyclic) bond motifs is 1. The molecule has 1 aromatic carbocycles. The third kappa shape index (κ3) is 3.40. The Balaban J connectivity index is 1.72. The minimum atomic E-state index is -0.186. The number of aromatic nitrogens is 1. The number of likely N-dealkylation sites (N-methyl/N-ethyl adjacent to an activating group) is 1. The van der Waals surface area contributed by atoms with Crippen LogP contribution in [0.15, 0.2) is 59.2 Å². The topological polar surface area (TPSA) is 58.4 Å². The Labute approximate surface area is 134 Å². The standard InChI is InChI=1S/C18H19N3O2/c1-21(2)16(17-8-5-11-23-17)12-19-18(22)15-10-9-13-6-3-4-7-14(13)20-15/h3-11,16H,12H2,1-2H3,(H,19,22). The predicted molar refractivity (Wildman–Crippen MR) is 89.2 cm³/mol. The summed E-state index contributed by atoms with van der Waals surface area (Å²) in [6.45, 7) is 0.452. The number of hydrogen-bond acceptors (Lipinski definition) is 4. The van der Waals surface area contributed by atoms with Gasteiger partial charge in [0, 0.05) is 11.9 Å². The SMILES string of the molecule is CN(C)C(CNC(=O)c1ccc2ccccc2n1)c1ccco1. The Morgan fingerprint density at radius 2 is 2.00 bits per heavy atom. The van der Waals surface area contributed by atoms with Gasteiger partial charge in [0.25, 0.3) is 5.91 Å². The van der Waals surface area contributed by atoms with Crippen molar-refractivity contribution in [2.45, 2.75) is 6.04 Å². The van der Waals surface area contributed by atoms with Crippen molar-refractivity contribution in [1.82, 2.24) is 15.2 Å². The number of para-hydroxylation sites is 1. The van der Waals surface area contributed by atoms with Crippen LogP contribution in [0.1, 0.15) is 22.3 Å². The van der Waals surface area contributed by atoms with Crippen molar-refractivity contribution in [2.24, 2.45) is 0 Å². The zero-order valence-corrected chi connectivity index (χ0v) is 13.2. The average Bonchev–Trinajstić information content (AvgIpc) is 3.08. The average molecular weight is 309 g/mol. The van der Waals surface area contributed by atoms with E-state index in [9.17, 15) is 4.79 Å². The molecular formula is C18H19N3O2. The fourth-order valence-corrected chi connectivity index (χ4v) is 2.49. The first-order valence-corrected chi connectivity index (χ1v) is 7.49. The monoisotopic (exact) mass is 309 g/mol. The summed E-state index contributed by atoms with van der Waals surface area (Å²) in [4.78, 5) is 18.8. The maximum atomic E-state index is 12.4. The number of nitrogens with one attached hydrogen (secondary N) is 1. The summed E-state index contributed by atoms with van der Waals surface area (Å²) in [5.74, 6) is 0.635. The van der Waals surface area contributed by atoms with Gasteiger partial charge in [0.1, 0.15) is 11.5 Å². The van der Waals surface area contributed by atoms with E-state index in [0.29, 0.717) is 12.2 Å². The molecule has 0 spiro atoms. The van der Waals surface area contributed by atoms with E-state index < -0.39 is 0 Å². The van der Waals surface area contributed by atoms with Crippen LogP contribution in [-0.4, -0.2) is 36.4 Å². The Bertz CT molecular complexity index is 797. The molecule has 1 N–H and O–H groups in total. The van der Waals surface area contributed by atoms with Crippen molar-refractivity contribution in [3.05, 3.63) is 66.2 Å². The molecule has 0 aliphatic heterocycles. The minimum Gasteiger partial charge on any atom is -0.468 e. The fraction of sp³-hybridized carbons (Fsp3) is 0.222. The quantitative estimate of drug-likeness (QED) is 0.787. The number of nitrogens with zero attached hydrogens (tertiary/aromatic N) is 2. The highest BCUT2D eigenvalue weighted by Gasteiger charge is 2.18. The van der Waals surface area contributed by atoms with Crippen LogP contribution in [0, 0.1) is 0 Å². The second kappa shape index (κ2) is 6.62. The number of hydrogen-bond donors (Lipinski definition) is 1. The van der Waals surface area contributed by atoms with Crippen molar-refractivity contribution in [3.63, 3.8) is 0 Å². The second-order valence-electron chi connectivity index (χ2n) is 5.59. The van der Waals surface area contributed by atoms with Crippen LogP contribution in [0.2, 0.25) is 0 Å². The van der Waals surface area contributed by atoms with Gasteiger partial charge in [-0.2, -0.15) is 0 Å². The van der Waals surface area contributed by atoms with Crippen LogP contribution in [-0.2, 0) is 0 Å². The van der Waals surface area contributed by atoms with E-state index in [0.717, 1.165) is 16.7 Å². The summed E-state index contributed by atoms with van der Waals surface area (Å²) in [7, 11) is 3.90. The summed E-state index contributed by atoms with van der Waals surface area (Å²) < 4.78 is 5.44. The summed E-state index contributed by atoms with van der Waals surface area (Å²) in [5, 5.41) is 3.95. The summed E-state index contributed by atoms with van der Waals surface area (Å²) in [6.07, 6.45) is 1.64. The van der Waals surface area contributed by atoms with Crippen molar-refractivity contribution in [3.8, 4) is 0 Å². The van der Waals surface area contributed by atoms with Gasteiger partial charge in [-0.3, -0.25) is 9.69 Å². The van der Waals surface area contributed by atoms with Gasteiger partial charge in [-0.25, -0.2) is 4.98 Å². The lowest BCUT2D eigenvalue weighted by Gasteiger charge is -2.22. The molecule has 3 rings (SSSR count). The van der Waals surface area contributed by atoms with Gasteiger partial charge >= 0.3 is 0 Å². The van der Waals surface area contributed by atoms with Gasteiger partial charge < -0.3 is 9.73 Å². The van der Waals surface area contributed by atoms with Crippen LogP contribution in [0.3, 0.4) is 0 Å². The normalized spacial score (nSPS) is 12.5. The summed E-state index contributed by atoms with van der Waals surface area (Å²) >= 11 is 0. The number of benzene rings is 1. The first kappa shape index (κ1) is 15.2. The zero-order chi connectivity index (χ0) is 16.2. The molecule has 0 aliphatic carbocycles. The van der Waals surface area contributed by atoms with Crippen LogP contribution < -0.4 is 5.32 Å². The molecule has 0 radical (unpaired) electrons. The Kier molecular flexibility index (Phi) is 4.39. The molecule has 0 bridgehead atoms. The molecule has 0 fully saturated rings. The van der Waals surface area contributed by atoms with Gasteiger partial charge in [0.2, 0.25) is 0 Å². The molecule has 3 aromatic rings. The summed E-state index contributed by atoms with van der Waals surface area (Å²) in [5.41, 5.74) is 1.23. The van der Waals surface area contributed by atoms with E-state index in [1.165, 1.54) is 0 Å². The van der Waals surface area contributed by atoms with Crippen molar-refractivity contribution < 1.29 is 9.21 Å². The van der Waals surface area contributed by atoms with Gasteiger partial charge in [0.15, 0.2) is 0 Å². The minimum absolute atomic E-state index is 0.0191. The number of amides is 1. The second-order valence-corrected chi connectivity index (χ2v) is 5.59. The van der Waals surface area contributed by atoms with E-state index in [1.54, 1.807) is 12.3 Å². The van der Waals surface area contributed by atoms with Gasteiger partial charge in [-0.15, -0.1) is 0 Å². The Morgan fingerprint density at radius 3 is 2.74 bits per heavy atom. The van der Waals surface area contributed by atoms with Crippen molar-refractivity contribution in [1.29, 1.82) is 0 Å². The van der Waals surface area contributed by atoms with Gasteiger partial charge in [-0.05, 0) is 38.4 Å². The lowest BCUT2D eigenvalue weighted by Crippen LogP contribution is -2.34. The van der Waals surface area contributed by atoms with Crippen LogP contribution in [0.4, 0.5) is 0 Å². The molecule has 5 heteroatoms. The van der Waals surface area contributed by atoms with Crippen molar-refractivity contribution in [2.75, 3.05) is 20.6 Å². The van der Waals surface area contributed by atoms with Gasteiger partial charge in [-0.1, -0.05) is 24.3 Å². The van der Waals surface area contributed by atoms with Crippen molar-refractivity contribution >= 4 is 16.8 Å². The first-order valence-electron chi connectivity index (χ1n) is 7.49. The smallest absolute Gasteiger partial charge is 0.269 e. The highest BCUT2D eigenvalue weighted by molar-refractivity contribution is 5.94. The number of carbonyl (C=O) groups is 1. The molecule has 0 saturated heterocycles. The van der Waals surface area contributed by atoms with E-state index in [2.05, 4.69) is 10.3 Å². The molecule has 5 nitrogen and oxygen atoms in total. The first-order chi connectivity index (χ1) is 11.1. The molecule has 1 atom stereocenters. The van der Waals surface area contributed by atoms with E-state index in [4.69, 9.17) is 4.42 Å². The highest BCUT2D eigenvalue weighted by atomic mass is 16.3. The molecule has 2 heterocycles. The lowest BCUT2D eigenvalue weighted by atomic mass is 10.2. The molecule has 1 amide bonds. The van der Waals surface area contributed by atoms with Crippen LogP contribution in [0.25, 0.3) is 10.9 Å². The third-order valence-electron chi connectivity index (χ3n) is 3.78. The number of rotatable bonds is 5. The number of pyridine rings is 1. The molecular weight excluding hydrogens is 290 g/mol. The Morgan fingerprint density at radius 1 is 1.17 bits per heavy atom. The van der Waals surface area contributed by atoms with Gasteiger partial charge in [0.05, 0.1) is 17.8 Å². The molecule has 0 aliphatic rings. The summed E-state index contributed by atoms with van der Waals surface area (Å²) in [6, 6.07) is 15.1. The maximum Gasteiger partial charge on any atom is 0.269 e. The Hall–Kier alpha value is -2.66. The van der Waals surface area contributed by atoms with E-state index in [-0.39, 0.29) is 11.9 Å². The molecule has 2 aromatic heterocycles. The van der Waals surface area contributed by atoms with Crippen LogP contribution >= 0.6 is 0 Å². The molecule has 0 saturated carbocycles. The highest BCUT2D eigenvalue weighted by Crippen LogP contribution is 2.18. The number of carbonyl (C=O) groups excluding carboxylic acids is 1. The molecule has 1 unspecified atom stereocenters. The fourth-order valence-electron chi connectivity index (χ4n) is 2.49. The number of furan rings is 1. The predicted octanol–water partition coefficient (Wildman–Crippen LogP) is 2.86. The lowest BCUT2D eigenvalue weighted by molar-refractivity contribution is 0.0934. The van der Waals surface area contributed by atoms with E-state index in [1.807, 2.05) is 61.5 Å². The van der Waals surface area contributed by atoms with Crippen LogP contribution in [0.5, 0.6) is 0 Å². The largest absolute Gasteiger partial charge is 0.468 e. The molecule has 23 heavy (non-hydrogen) atoms. The molecule has 118 valence electrons. The third-order valence-corrected chi connectivity index (χ3v) is 3.78. The zero-order valence-electron chi connectivity index (χ0n) is 13.2. The van der Waals surface area contributed by atoms with E-state index >= 15 is 0 Å².